The van der Waals surface area contributed by atoms with Gasteiger partial charge in [-0.15, -0.1) is 0 Å². The van der Waals surface area contributed by atoms with Crippen molar-refractivity contribution in [2.24, 2.45) is 5.73 Å². The highest BCUT2D eigenvalue weighted by Crippen LogP contribution is 2.26. The Morgan fingerprint density at radius 3 is 2.68 bits per heavy atom. The van der Waals surface area contributed by atoms with Crippen LogP contribution in [0, 0.1) is 13.8 Å². The molecule has 3 rings (SSSR count). The number of aromatic nitrogens is 3. The van der Waals surface area contributed by atoms with Crippen LogP contribution in [0.2, 0.25) is 0 Å². The summed E-state index contributed by atoms with van der Waals surface area (Å²) in [4.78, 5) is 9.06. The summed E-state index contributed by atoms with van der Waals surface area (Å²) in [6.07, 6.45) is 3.85. The Kier molecular flexibility index (Phi) is 2.80. The predicted molar refractivity (Wildman–Crippen MR) is 75.8 cm³/mol. The summed E-state index contributed by atoms with van der Waals surface area (Å²) in [5.41, 5.74) is 10.9. The van der Waals surface area contributed by atoms with Gasteiger partial charge in [-0.3, -0.25) is 4.40 Å². The van der Waals surface area contributed by atoms with Crippen LogP contribution in [0.3, 0.4) is 0 Å². The van der Waals surface area contributed by atoms with Crippen LogP contribution in [0.25, 0.3) is 16.8 Å². The van der Waals surface area contributed by atoms with E-state index in [1.807, 2.05) is 35.9 Å². The molecule has 0 aliphatic rings. The second-order valence-electron chi connectivity index (χ2n) is 4.66. The molecule has 0 spiro atoms. The summed E-state index contributed by atoms with van der Waals surface area (Å²) in [6, 6.07) is 8.26. The van der Waals surface area contributed by atoms with Gasteiger partial charge in [-0.25, -0.2) is 9.97 Å². The normalized spacial score (nSPS) is 11.1. The van der Waals surface area contributed by atoms with E-state index in [1.54, 1.807) is 0 Å². The number of hydrogen-bond donors (Lipinski definition) is 1. The predicted octanol–water partition coefficient (Wildman–Crippen LogP) is 2.47. The summed E-state index contributed by atoms with van der Waals surface area (Å²) in [7, 11) is 0. The summed E-state index contributed by atoms with van der Waals surface area (Å²) < 4.78 is 2.00. The van der Waals surface area contributed by atoms with Crippen molar-refractivity contribution in [3.8, 4) is 11.1 Å². The molecule has 0 atom stereocenters. The molecule has 0 unspecified atom stereocenters. The third kappa shape index (κ3) is 1.90. The van der Waals surface area contributed by atoms with Crippen LogP contribution >= 0.6 is 0 Å². The van der Waals surface area contributed by atoms with Crippen molar-refractivity contribution in [3.63, 3.8) is 0 Å². The molecule has 0 amide bonds. The maximum Gasteiger partial charge on any atom is 0.147 e. The SMILES string of the molecule is Cc1ccccc1-c1cnc(C)n2cc(CN)nc12. The summed E-state index contributed by atoms with van der Waals surface area (Å²) >= 11 is 0. The second kappa shape index (κ2) is 4.48. The first-order valence-electron chi connectivity index (χ1n) is 6.30. The Balaban J connectivity index is 2.33. The van der Waals surface area contributed by atoms with Gasteiger partial charge in [-0.05, 0) is 25.0 Å². The van der Waals surface area contributed by atoms with E-state index in [9.17, 15) is 0 Å². The van der Waals surface area contributed by atoms with Crippen LogP contribution < -0.4 is 5.73 Å². The van der Waals surface area contributed by atoms with Gasteiger partial charge < -0.3 is 5.73 Å². The zero-order valence-electron chi connectivity index (χ0n) is 11.1. The Labute approximate surface area is 111 Å². The molecule has 2 heterocycles. The fourth-order valence-corrected chi connectivity index (χ4v) is 2.31. The van der Waals surface area contributed by atoms with Crippen LogP contribution in [0.15, 0.2) is 36.7 Å². The molecule has 4 nitrogen and oxygen atoms in total. The summed E-state index contributed by atoms with van der Waals surface area (Å²) in [5, 5.41) is 0. The fourth-order valence-electron chi connectivity index (χ4n) is 2.31. The first kappa shape index (κ1) is 11.9. The number of imidazole rings is 1. The molecular formula is C15H16N4. The molecular weight excluding hydrogens is 236 g/mol. The second-order valence-corrected chi connectivity index (χ2v) is 4.66. The van der Waals surface area contributed by atoms with Crippen molar-refractivity contribution < 1.29 is 0 Å². The van der Waals surface area contributed by atoms with Crippen LogP contribution in [0.5, 0.6) is 0 Å². The standard InChI is InChI=1S/C15H16N4/c1-10-5-3-4-6-13(10)14-8-17-11(2)19-9-12(7-16)18-15(14)19/h3-6,8-9H,7,16H2,1-2H3. The van der Waals surface area contributed by atoms with Crippen LogP contribution in [-0.4, -0.2) is 14.4 Å². The highest BCUT2D eigenvalue weighted by atomic mass is 15.1. The summed E-state index contributed by atoms with van der Waals surface area (Å²) in [5.74, 6) is 0.916. The number of rotatable bonds is 2. The van der Waals surface area contributed by atoms with Crippen molar-refractivity contribution in [2.75, 3.05) is 0 Å². The van der Waals surface area contributed by atoms with E-state index >= 15 is 0 Å². The van der Waals surface area contributed by atoms with Gasteiger partial charge >= 0.3 is 0 Å². The lowest BCUT2D eigenvalue weighted by Crippen LogP contribution is -1.97. The number of nitrogens with two attached hydrogens (primary N) is 1. The van der Waals surface area contributed by atoms with Crippen molar-refractivity contribution in [1.82, 2.24) is 14.4 Å². The van der Waals surface area contributed by atoms with E-state index < -0.39 is 0 Å². The molecule has 0 saturated heterocycles. The number of aryl methyl sites for hydroxylation is 2. The number of benzene rings is 1. The highest BCUT2D eigenvalue weighted by Gasteiger charge is 2.11. The van der Waals surface area contributed by atoms with E-state index in [0.717, 1.165) is 28.3 Å². The average Bonchev–Trinajstić information content (AvgIpc) is 2.85. The topological polar surface area (TPSA) is 56.2 Å². The molecule has 0 saturated carbocycles. The molecule has 3 aromatic rings. The molecule has 1 aromatic carbocycles. The van der Waals surface area contributed by atoms with Gasteiger partial charge in [0.2, 0.25) is 0 Å². The van der Waals surface area contributed by atoms with Gasteiger partial charge in [0.1, 0.15) is 11.5 Å². The maximum atomic E-state index is 5.69. The maximum absolute atomic E-state index is 5.69. The van der Waals surface area contributed by atoms with E-state index in [2.05, 4.69) is 29.0 Å². The average molecular weight is 252 g/mol. The quantitative estimate of drug-likeness (QED) is 0.762. The smallest absolute Gasteiger partial charge is 0.147 e. The number of nitrogens with zero attached hydrogens (tertiary/aromatic N) is 3. The van der Waals surface area contributed by atoms with Crippen LogP contribution in [-0.2, 0) is 6.54 Å². The molecule has 0 radical (unpaired) electrons. The van der Waals surface area contributed by atoms with Crippen molar-refractivity contribution in [2.45, 2.75) is 20.4 Å². The van der Waals surface area contributed by atoms with Crippen molar-refractivity contribution >= 4 is 5.65 Å². The molecule has 0 aliphatic heterocycles. The van der Waals surface area contributed by atoms with Gasteiger partial charge in [-0.2, -0.15) is 0 Å². The van der Waals surface area contributed by atoms with Crippen molar-refractivity contribution in [1.29, 1.82) is 0 Å². The van der Waals surface area contributed by atoms with E-state index in [0.29, 0.717) is 6.54 Å². The first-order chi connectivity index (χ1) is 9.20. The number of fused-ring (bicyclic) bond motifs is 1. The Morgan fingerprint density at radius 1 is 1.16 bits per heavy atom. The molecule has 2 aromatic heterocycles. The third-order valence-corrected chi connectivity index (χ3v) is 3.37. The van der Waals surface area contributed by atoms with Gasteiger partial charge in [0.25, 0.3) is 0 Å². The monoisotopic (exact) mass is 252 g/mol. The Morgan fingerprint density at radius 2 is 1.95 bits per heavy atom. The zero-order chi connectivity index (χ0) is 13.4. The molecule has 0 bridgehead atoms. The van der Waals surface area contributed by atoms with E-state index in [-0.39, 0.29) is 0 Å². The zero-order valence-corrected chi connectivity index (χ0v) is 11.1. The fraction of sp³-hybridized carbons (Fsp3) is 0.200. The van der Waals surface area contributed by atoms with Crippen LogP contribution in [0.4, 0.5) is 0 Å². The summed E-state index contributed by atoms with van der Waals surface area (Å²) in [6.45, 7) is 4.50. The van der Waals surface area contributed by atoms with E-state index in [1.165, 1.54) is 5.56 Å². The van der Waals surface area contributed by atoms with Gasteiger partial charge in [0, 0.05) is 24.5 Å². The minimum Gasteiger partial charge on any atom is -0.325 e. The van der Waals surface area contributed by atoms with E-state index in [4.69, 9.17) is 5.73 Å². The minimum absolute atomic E-state index is 0.439. The molecule has 0 aliphatic carbocycles. The van der Waals surface area contributed by atoms with Gasteiger partial charge in [0.15, 0.2) is 0 Å². The largest absolute Gasteiger partial charge is 0.325 e. The highest BCUT2D eigenvalue weighted by molar-refractivity contribution is 5.79. The molecule has 0 fully saturated rings. The van der Waals surface area contributed by atoms with Gasteiger partial charge in [-0.1, -0.05) is 24.3 Å². The third-order valence-electron chi connectivity index (χ3n) is 3.37. The van der Waals surface area contributed by atoms with Crippen LogP contribution in [0.1, 0.15) is 17.1 Å². The Hall–Kier alpha value is -2.20. The lowest BCUT2D eigenvalue weighted by Gasteiger charge is -2.08. The molecule has 4 heteroatoms. The molecule has 96 valence electrons. The lowest BCUT2D eigenvalue weighted by atomic mass is 10.0. The lowest BCUT2D eigenvalue weighted by molar-refractivity contribution is 0.979. The van der Waals surface area contributed by atoms with Crippen molar-refractivity contribution in [3.05, 3.63) is 53.7 Å². The minimum atomic E-state index is 0.439. The molecule has 19 heavy (non-hydrogen) atoms. The molecule has 2 N–H and O–H groups in total. The Bertz CT molecular complexity index is 743. The first-order valence-corrected chi connectivity index (χ1v) is 6.30. The van der Waals surface area contributed by atoms with Gasteiger partial charge in [0.05, 0.1) is 5.69 Å². The number of hydrogen-bond acceptors (Lipinski definition) is 3.